The molecule has 1 radical (unpaired) electrons. The van der Waals surface area contributed by atoms with Crippen LogP contribution in [0, 0.1) is 0 Å². The third-order valence-corrected chi connectivity index (χ3v) is 1.28. The van der Waals surface area contributed by atoms with E-state index in [0.29, 0.717) is 19.4 Å². The SMILES string of the molecule is NC(N)=NCCC[C@H](N)C(=O)O.[Mn]. The van der Waals surface area contributed by atoms with Gasteiger partial charge in [-0.25, -0.2) is 0 Å². The number of aliphatic carboxylic acids is 1. The standard InChI is InChI=1S/C6H14N4O2.Mn/c7-4(5(11)12)2-1-3-10-6(8)9;/h4H,1-3,7H2,(H,11,12)(H4,8,9,10);/t4-;/m0./s1. The molecule has 1 atom stereocenters. The summed E-state index contributed by atoms with van der Waals surface area (Å²) in [5, 5.41) is 8.38. The zero-order chi connectivity index (χ0) is 9.56. The Hall–Kier alpha value is -0.781. The number of carbonyl (C=O) groups is 1. The maximum absolute atomic E-state index is 10.2. The number of hydrogen-bond donors (Lipinski definition) is 4. The Morgan fingerprint density at radius 3 is 2.38 bits per heavy atom. The summed E-state index contributed by atoms with van der Waals surface area (Å²) in [6.45, 7) is 0.420. The van der Waals surface area contributed by atoms with Gasteiger partial charge in [0, 0.05) is 23.6 Å². The molecule has 0 heterocycles. The zero-order valence-electron chi connectivity index (χ0n) is 7.11. The van der Waals surface area contributed by atoms with Gasteiger partial charge in [0.15, 0.2) is 5.96 Å². The van der Waals surface area contributed by atoms with Crippen molar-refractivity contribution in [3.63, 3.8) is 0 Å². The van der Waals surface area contributed by atoms with Gasteiger partial charge in [-0.1, -0.05) is 0 Å². The molecule has 0 bridgehead atoms. The average Bonchev–Trinajstić information content (AvgIpc) is 1.97. The van der Waals surface area contributed by atoms with E-state index in [1.165, 1.54) is 0 Å². The van der Waals surface area contributed by atoms with Crippen molar-refractivity contribution < 1.29 is 27.0 Å². The van der Waals surface area contributed by atoms with E-state index in [2.05, 4.69) is 4.99 Å². The van der Waals surface area contributed by atoms with Gasteiger partial charge in [0.1, 0.15) is 6.04 Å². The number of guanidine groups is 1. The first-order valence-electron chi connectivity index (χ1n) is 3.58. The minimum Gasteiger partial charge on any atom is -0.480 e. The monoisotopic (exact) mass is 229 g/mol. The summed E-state index contributed by atoms with van der Waals surface area (Å²) in [5.41, 5.74) is 15.3. The smallest absolute Gasteiger partial charge is 0.320 e. The second-order valence-corrected chi connectivity index (χ2v) is 2.39. The number of carboxylic acids is 1. The van der Waals surface area contributed by atoms with Crippen LogP contribution in [0.4, 0.5) is 0 Å². The summed E-state index contributed by atoms with van der Waals surface area (Å²) in [6, 6.07) is -0.820. The molecule has 0 fully saturated rings. The summed E-state index contributed by atoms with van der Waals surface area (Å²) >= 11 is 0. The van der Waals surface area contributed by atoms with Crippen LogP contribution in [0.25, 0.3) is 0 Å². The van der Waals surface area contributed by atoms with Crippen LogP contribution in [0.1, 0.15) is 12.8 Å². The van der Waals surface area contributed by atoms with Gasteiger partial charge in [-0.05, 0) is 12.8 Å². The van der Waals surface area contributed by atoms with Crippen LogP contribution in [0.2, 0.25) is 0 Å². The van der Waals surface area contributed by atoms with Crippen molar-refractivity contribution in [1.82, 2.24) is 0 Å². The van der Waals surface area contributed by atoms with Crippen LogP contribution in [0.15, 0.2) is 4.99 Å². The molecule has 0 aliphatic carbocycles. The van der Waals surface area contributed by atoms with E-state index in [1.807, 2.05) is 0 Å². The summed E-state index contributed by atoms with van der Waals surface area (Å²) in [5.74, 6) is -0.987. The third kappa shape index (κ3) is 9.13. The fraction of sp³-hybridized carbons (Fsp3) is 0.667. The first kappa shape index (κ1) is 14.7. The van der Waals surface area contributed by atoms with Crippen molar-refractivity contribution >= 4 is 11.9 Å². The third-order valence-electron chi connectivity index (χ3n) is 1.28. The molecular weight excluding hydrogens is 215 g/mol. The van der Waals surface area contributed by atoms with E-state index in [-0.39, 0.29) is 23.0 Å². The Labute approximate surface area is 87.0 Å². The molecule has 0 unspecified atom stereocenters. The molecular formula is C6H14MnN4O2. The van der Waals surface area contributed by atoms with E-state index in [9.17, 15) is 4.79 Å². The van der Waals surface area contributed by atoms with Crippen LogP contribution >= 0.6 is 0 Å². The predicted molar refractivity (Wildman–Crippen MR) is 45.5 cm³/mol. The number of carboxylic acid groups (broad SMARTS) is 1. The maximum Gasteiger partial charge on any atom is 0.320 e. The summed E-state index contributed by atoms with van der Waals surface area (Å²) < 4.78 is 0. The normalized spacial score (nSPS) is 11.2. The molecule has 6 nitrogen and oxygen atoms in total. The van der Waals surface area contributed by atoms with Gasteiger partial charge < -0.3 is 22.3 Å². The Bertz CT molecular complexity index is 181. The fourth-order valence-corrected chi connectivity index (χ4v) is 0.643. The summed E-state index contributed by atoms with van der Waals surface area (Å²) in [7, 11) is 0. The van der Waals surface area contributed by atoms with Crippen molar-refractivity contribution in [2.75, 3.05) is 6.54 Å². The van der Waals surface area contributed by atoms with Crippen LogP contribution < -0.4 is 17.2 Å². The Morgan fingerprint density at radius 2 is 2.00 bits per heavy atom. The molecule has 0 rings (SSSR count). The molecule has 0 saturated heterocycles. The van der Waals surface area contributed by atoms with Gasteiger partial charge in [0.2, 0.25) is 0 Å². The minimum atomic E-state index is -1.00. The average molecular weight is 229 g/mol. The zero-order valence-corrected chi connectivity index (χ0v) is 8.29. The van der Waals surface area contributed by atoms with Gasteiger partial charge in [-0.2, -0.15) is 0 Å². The van der Waals surface area contributed by atoms with Gasteiger partial charge in [0.25, 0.3) is 0 Å². The van der Waals surface area contributed by atoms with Crippen molar-refractivity contribution in [3.05, 3.63) is 0 Å². The molecule has 0 saturated carbocycles. The van der Waals surface area contributed by atoms with E-state index >= 15 is 0 Å². The Morgan fingerprint density at radius 1 is 1.46 bits per heavy atom. The predicted octanol–water partition coefficient (Wildman–Crippen LogP) is -1.55. The summed E-state index contributed by atoms with van der Waals surface area (Å²) in [4.78, 5) is 13.9. The van der Waals surface area contributed by atoms with Crippen molar-refractivity contribution in [3.8, 4) is 0 Å². The van der Waals surface area contributed by atoms with Crippen molar-refractivity contribution in [2.45, 2.75) is 18.9 Å². The Balaban J connectivity index is 0. The van der Waals surface area contributed by atoms with Crippen LogP contribution in [-0.2, 0) is 21.9 Å². The number of rotatable bonds is 5. The van der Waals surface area contributed by atoms with E-state index in [1.54, 1.807) is 0 Å². The summed E-state index contributed by atoms with van der Waals surface area (Å²) in [6.07, 6.45) is 0.956. The topological polar surface area (TPSA) is 128 Å². The number of nitrogens with two attached hydrogens (primary N) is 3. The van der Waals surface area contributed by atoms with Gasteiger partial charge in [0.05, 0.1) is 0 Å². The van der Waals surface area contributed by atoms with Crippen molar-refractivity contribution in [2.24, 2.45) is 22.2 Å². The molecule has 7 heteroatoms. The van der Waals surface area contributed by atoms with Crippen LogP contribution in [-0.4, -0.2) is 29.6 Å². The van der Waals surface area contributed by atoms with Gasteiger partial charge >= 0.3 is 5.97 Å². The van der Waals surface area contributed by atoms with E-state index in [0.717, 1.165) is 0 Å². The molecule has 77 valence electrons. The molecule has 7 N–H and O–H groups in total. The second-order valence-electron chi connectivity index (χ2n) is 2.39. The molecule has 0 aromatic carbocycles. The van der Waals surface area contributed by atoms with Crippen molar-refractivity contribution in [1.29, 1.82) is 0 Å². The minimum absolute atomic E-state index is 0. The maximum atomic E-state index is 10.2. The molecule has 0 spiro atoms. The Kier molecular flexibility index (Phi) is 8.89. The van der Waals surface area contributed by atoms with Gasteiger partial charge in [-0.3, -0.25) is 9.79 Å². The van der Waals surface area contributed by atoms with Crippen LogP contribution in [0.5, 0.6) is 0 Å². The van der Waals surface area contributed by atoms with Crippen LogP contribution in [0.3, 0.4) is 0 Å². The molecule has 0 aromatic rings. The van der Waals surface area contributed by atoms with Gasteiger partial charge in [-0.15, -0.1) is 0 Å². The van der Waals surface area contributed by atoms with E-state index < -0.39 is 12.0 Å². The first-order valence-corrected chi connectivity index (χ1v) is 3.58. The van der Waals surface area contributed by atoms with E-state index in [4.69, 9.17) is 22.3 Å². The number of hydrogen-bond acceptors (Lipinski definition) is 3. The molecule has 0 aliphatic heterocycles. The molecule has 0 aromatic heterocycles. The molecule has 0 aliphatic rings. The fourth-order valence-electron chi connectivity index (χ4n) is 0.643. The second kappa shape index (κ2) is 7.85. The quantitative estimate of drug-likeness (QED) is 0.196. The number of nitrogens with zero attached hydrogens (tertiary/aromatic N) is 1. The molecule has 0 amide bonds. The largest absolute Gasteiger partial charge is 0.480 e. The molecule has 13 heavy (non-hydrogen) atoms. The number of aliphatic imine (C=N–C) groups is 1. The first-order chi connectivity index (χ1) is 5.54.